The smallest absolute Gasteiger partial charge is 0.267 e. The molecule has 0 bridgehead atoms. The number of primary amides is 1. The van der Waals surface area contributed by atoms with Gasteiger partial charge in [0.05, 0.1) is 16.8 Å². The number of hydrogen-bond donors (Lipinski definition) is 3. The van der Waals surface area contributed by atoms with Gasteiger partial charge in [-0.2, -0.15) is 0 Å². The number of H-pyrrole nitrogens is 1. The molecule has 1 fully saturated rings. The molecule has 3 aromatic heterocycles. The van der Waals surface area contributed by atoms with Crippen LogP contribution in [0, 0.1) is 0 Å². The van der Waals surface area contributed by atoms with Gasteiger partial charge in [0.25, 0.3) is 5.91 Å². The highest BCUT2D eigenvalue weighted by Gasteiger charge is 2.38. The van der Waals surface area contributed by atoms with Gasteiger partial charge in [0.1, 0.15) is 28.5 Å². The minimum Gasteiger partial charge on any atom is -0.367 e. The highest BCUT2D eigenvalue weighted by atomic mass is 16.2. The Kier molecular flexibility index (Phi) is 5.11. The minimum atomic E-state index is -0.705. The van der Waals surface area contributed by atoms with Gasteiger partial charge in [-0.05, 0) is 37.1 Å². The van der Waals surface area contributed by atoms with E-state index in [2.05, 4.69) is 20.3 Å². The maximum Gasteiger partial charge on any atom is 0.267 e. The normalized spacial score (nSPS) is 15.5. The molecule has 4 N–H and O–H groups in total. The number of amides is 2. The van der Waals surface area contributed by atoms with E-state index in [1.54, 1.807) is 18.2 Å². The van der Waals surface area contributed by atoms with Crippen LogP contribution in [0.5, 0.6) is 0 Å². The first-order chi connectivity index (χ1) is 17.8. The molecule has 1 saturated heterocycles. The van der Waals surface area contributed by atoms with E-state index in [0.29, 0.717) is 24.3 Å². The average molecular weight is 495 g/mol. The summed E-state index contributed by atoms with van der Waals surface area (Å²) >= 11 is 0. The van der Waals surface area contributed by atoms with Crippen LogP contribution in [0.3, 0.4) is 0 Å². The maximum atomic E-state index is 13.6. The molecule has 0 spiro atoms. The van der Waals surface area contributed by atoms with Crippen LogP contribution in [0.25, 0.3) is 33.2 Å². The number of aromatic nitrogens is 3. The summed E-state index contributed by atoms with van der Waals surface area (Å²) in [5.41, 5.74) is 7.88. The summed E-state index contributed by atoms with van der Waals surface area (Å²) in [5, 5.41) is 4.17. The Morgan fingerprint density at radius 2 is 1.73 bits per heavy atom. The number of rotatable bonds is 4. The SMILES string of the molecule is CC(=O)NC1=C(N2CCCC2)C(=O)c2ccc(-c3nc(C(N)=O)cc4c3[nH]c3ccccc34)nc2C1=O. The van der Waals surface area contributed by atoms with Gasteiger partial charge in [-0.15, -0.1) is 0 Å². The van der Waals surface area contributed by atoms with Crippen LogP contribution < -0.4 is 11.1 Å². The van der Waals surface area contributed by atoms with Gasteiger partial charge in [0.2, 0.25) is 17.5 Å². The molecule has 184 valence electrons. The lowest BCUT2D eigenvalue weighted by Gasteiger charge is -2.27. The van der Waals surface area contributed by atoms with E-state index in [1.807, 2.05) is 29.2 Å². The van der Waals surface area contributed by atoms with E-state index in [1.165, 1.54) is 6.92 Å². The highest BCUT2D eigenvalue weighted by molar-refractivity contribution is 6.26. The number of likely N-dealkylation sites (tertiary alicyclic amines) is 1. The number of carbonyl (C=O) groups is 4. The van der Waals surface area contributed by atoms with Gasteiger partial charge >= 0.3 is 0 Å². The molecule has 37 heavy (non-hydrogen) atoms. The van der Waals surface area contributed by atoms with Gasteiger partial charge in [0.15, 0.2) is 0 Å². The quantitative estimate of drug-likeness (QED) is 0.394. The third-order valence-electron chi connectivity index (χ3n) is 6.75. The number of nitrogens with zero attached hydrogens (tertiary/aromatic N) is 3. The minimum absolute atomic E-state index is 0.0457. The second-order valence-corrected chi connectivity index (χ2v) is 9.16. The lowest BCUT2D eigenvalue weighted by Crippen LogP contribution is -2.39. The van der Waals surface area contributed by atoms with Crippen molar-refractivity contribution in [3.63, 3.8) is 0 Å². The van der Waals surface area contributed by atoms with Crippen molar-refractivity contribution in [3.05, 3.63) is 70.8 Å². The summed E-state index contributed by atoms with van der Waals surface area (Å²) in [7, 11) is 0. The number of hydrogen-bond acceptors (Lipinski definition) is 7. The zero-order chi connectivity index (χ0) is 25.8. The van der Waals surface area contributed by atoms with Crippen molar-refractivity contribution in [2.75, 3.05) is 13.1 Å². The second kappa shape index (κ2) is 8.37. The predicted molar refractivity (Wildman–Crippen MR) is 136 cm³/mol. The topological polar surface area (TPSA) is 151 Å². The molecule has 2 amide bonds. The number of carbonyl (C=O) groups excluding carboxylic acids is 4. The largest absolute Gasteiger partial charge is 0.367 e. The fourth-order valence-corrected chi connectivity index (χ4v) is 5.11. The average Bonchev–Trinajstić information content (AvgIpc) is 3.54. The molecule has 10 heteroatoms. The molecule has 10 nitrogen and oxygen atoms in total. The molecule has 1 aliphatic carbocycles. The lowest BCUT2D eigenvalue weighted by atomic mass is 9.92. The number of aromatic amines is 1. The summed E-state index contributed by atoms with van der Waals surface area (Å²) in [4.78, 5) is 65.3. The second-order valence-electron chi connectivity index (χ2n) is 9.16. The van der Waals surface area contributed by atoms with E-state index >= 15 is 0 Å². The van der Waals surface area contributed by atoms with E-state index < -0.39 is 17.6 Å². The van der Waals surface area contributed by atoms with Crippen LogP contribution in [-0.4, -0.2) is 56.3 Å². The highest BCUT2D eigenvalue weighted by Crippen LogP contribution is 2.34. The Bertz CT molecular complexity index is 1710. The van der Waals surface area contributed by atoms with Gasteiger partial charge < -0.3 is 20.9 Å². The number of nitrogens with two attached hydrogens (primary N) is 1. The van der Waals surface area contributed by atoms with Crippen molar-refractivity contribution in [2.45, 2.75) is 19.8 Å². The van der Waals surface area contributed by atoms with Crippen molar-refractivity contribution in [3.8, 4) is 11.4 Å². The lowest BCUT2D eigenvalue weighted by molar-refractivity contribution is -0.118. The van der Waals surface area contributed by atoms with Crippen molar-refractivity contribution >= 4 is 45.2 Å². The Hall–Kier alpha value is -4.86. The van der Waals surface area contributed by atoms with Crippen molar-refractivity contribution < 1.29 is 19.2 Å². The number of para-hydroxylation sites is 1. The molecule has 0 unspecified atom stereocenters. The summed E-state index contributed by atoms with van der Waals surface area (Å²) in [5.74, 6) is -2.08. The molecule has 1 aliphatic heterocycles. The Morgan fingerprint density at radius 1 is 0.973 bits per heavy atom. The third kappa shape index (κ3) is 3.56. The number of nitrogens with one attached hydrogen (secondary N) is 2. The van der Waals surface area contributed by atoms with Crippen LogP contribution in [0.2, 0.25) is 0 Å². The zero-order valence-corrected chi connectivity index (χ0v) is 19.9. The first-order valence-corrected chi connectivity index (χ1v) is 11.9. The molecule has 1 aromatic carbocycles. The summed E-state index contributed by atoms with van der Waals surface area (Å²) in [6.45, 7) is 2.54. The number of benzene rings is 1. The molecular formula is C27H22N6O4. The Labute approximate surface area is 210 Å². The maximum absolute atomic E-state index is 13.6. The van der Waals surface area contributed by atoms with Gasteiger partial charge in [0, 0.05) is 36.3 Å². The zero-order valence-electron chi connectivity index (χ0n) is 19.9. The van der Waals surface area contributed by atoms with Crippen molar-refractivity contribution in [2.24, 2.45) is 5.73 Å². The summed E-state index contributed by atoms with van der Waals surface area (Å²) < 4.78 is 0. The van der Waals surface area contributed by atoms with E-state index in [-0.39, 0.29) is 39.8 Å². The molecule has 0 saturated carbocycles. The van der Waals surface area contributed by atoms with Crippen molar-refractivity contribution in [1.82, 2.24) is 25.2 Å². The van der Waals surface area contributed by atoms with E-state index in [4.69, 9.17) is 5.73 Å². The van der Waals surface area contributed by atoms with Crippen LogP contribution in [0.1, 0.15) is 51.1 Å². The van der Waals surface area contributed by atoms with E-state index in [9.17, 15) is 19.2 Å². The van der Waals surface area contributed by atoms with Gasteiger partial charge in [-0.25, -0.2) is 9.97 Å². The van der Waals surface area contributed by atoms with Crippen molar-refractivity contribution in [1.29, 1.82) is 0 Å². The number of ketones is 2. The summed E-state index contributed by atoms with van der Waals surface area (Å²) in [6, 6.07) is 12.3. The Balaban J connectivity index is 1.55. The standard InChI is InChI=1S/C27H22N6O4/c1-13(34)29-23-24(33-10-4-5-11-33)25(35)15-8-9-18(31-21(15)26(23)36)22-20-16(12-19(32-22)27(28)37)14-6-2-3-7-17(14)30-20/h2-3,6-9,12,30H,4-5,10-11H2,1H3,(H2,28,37)(H,29,34). The van der Waals surface area contributed by atoms with E-state index in [0.717, 1.165) is 29.1 Å². The fourth-order valence-electron chi connectivity index (χ4n) is 5.11. The number of allylic oxidation sites excluding steroid dienone is 2. The predicted octanol–water partition coefficient (Wildman–Crippen LogP) is 2.70. The molecule has 4 heterocycles. The molecule has 4 aromatic rings. The molecule has 0 radical (unpaired) electrons. The first-order valence-electron chi connectivity index (χ1n) is 11.9. The first kappa shape index (κ1) is 22.6. The number of fused-ring (bicyclic) bond motifs is 4. The summed E-state index contributed by atoms with van der Waals surface area (Å²) in [6.07, 6.45) is 1.79. The van der Waals surface area contributed by atoms with Crippen LogP contribution in [0.15, 0.2) is 53.9 Å². The number of Topliss-reactive ketones (excluding diaryl/α,β-unsaturated/α-hetero) is 2. The molecular weight excluding hydrogens is 472 g/mol. The molecule has 2 aliphatic rings. The number of pyridine rings is 2. The van der Waals surface area contributed by atoms with Crippen LogP contribution in [-0.2, 0) is 4.79 Å². The van der Waals surface area contributed by atoms with Gasteiger partial charge in [-0.1, -0.05) is 18.2 Å². The van der Waals surface area contributed by atoms with Crippen LogP contribution in [0.4, 0.5) is 0 Å². The Morgan fingerprint density at radius 3 is 2.46 bits per heavy atom. The fraction of sp³-hybridized carbons (Fsp3) is 0.185. The van der Waals surface area contributed by atoms with Gasteiger partial charge in [-0.3, -0.25) is 19.2 Å². The van der Waals surface area contributed by atoms with Crippen LogP contribution >= 0.6 is 0 Å². The third-order valence-corrected chi connectivity index (χ3v) is 6.75. The molecule has 6 rings (SSSR count). The monoisotopic (exact) mass is 494 g/mol. The molecule has 0 atom stereocenters.